The fraction of sp³-hybridized carbons (Fsp3) is 0.550. The second-order valence-corrected chi connectivity index (χ2v) is 16.0. The molecule has 4 heteroatoms. The molecule has 2 nitrogen and oxygen atoms in total. The molecule has 3 aromatic carbocycles. The van der Waals surface area contributed by atoms with E-state index in [4.69, 9.17) is 0 Å². The van der Waals surface area contributed by atoms with Crippen LogP contribution >= 0.6 is 0 Å². The van der Waals surface area contributed by atoms with E-state index in [-0.39, 0.29) is 24.5 Å². The van der Waals surface area contributed by atoms with Crippen LogP contribution in [0.1, 0.15) is 136 Å². The van der Waals surface area contributed by atoms with E-state index in [1.165, 1.54) is 47.9 Å². The van der Waals surface area contributed by atoms with E-state index in [9.17, 15) is 0 Å². The number of alkyl halides is 2. The minimum absolute atomic E-state index is 0.0719. The first-order chi connectivity index (χ1) is 20.9. The van der Waals surface area contributed by atoms with Crippen molar-refractivity contribution in [2.75, 3.05) is 13.1 Å². The molecule has 4 aliphatic rings. The lowest BCUT2D eigenvalue weighted by molar-refractivity contribution is -0.000945. The highest BCUT2D eigenvalue weighted by molar-refractivity contribution is 5.39. The molecule has 4 fully saturated rings. The Kier molecular flexibility index (Phi) is 7.56. The van der Waals surface area contributed by atoms with Gasteiger partial charge in [0.25, 0.3) is 5.92 Å². The third kappa shape index (κ3) is 6.01. The summed E-state index contributed by atoms with van der Waals surface area (Å²) in [5.74, 6) is -0.951. The molecule has 0 radical (unpaired) electrons. The minimum Gasteiger partial charge on any atom is -0.291 e. The first-order valence-corrected chi connectivity index (χ1v) is 17.1. The first-order valence-electron chi connectivity index (χ1n) is 17.1. The average molecular weight is 597 g/mol. The van der Waals surface area contributed by atoms with Crippen molar-refractivity contribution in [1.82, 2.24) is 9.80 Å². The van der Waals surface area contributed by atoms with Gasteiger partial charge in [-0.25, -0.2) is 8.78 Å². The molecule has 2 aliphatic carbocycles. The topological polar surface area (TPSA) is 6.48 Å². The Morgan fingerprint density at radius 1 is 0.682 bits per heavy atom. The molecule has 3 aromatic rings. The maximum Gasteiger partial charge on any atom is 0.262 e. The van der Waals surface area contributed by atoms with Gasteiger partial charge < -0.3 is 0 Å². The van der Waals surface area contributed by atoms with E-state index < -0.39 is 11.5 Å². The third-order valence-electron chi connectivity index (χ3n) is 11.0. The number of hydrogen-bond acceptors (Lipinski definition) is 2. The fourth-order valence-electron chi connectivity index (χ4n) is 8.56. The Morgan fingerprint density at radius 2 is 1.25 bits per heavy atom. The molecular formula is C40H50F2N2. The molecule has 7 rings (SSSR count). The van der Waals surface area contributed by atoms with Gasteiger partial charge >= 0.3 is 0 Å². The normalized spacial score (nSPS) is 26.4. The Morgan fingerprint density at radius 3 is 1.82 bits per heavy atom. The summed E-state index contributed by atoms with van der Waals surface area (Å²) in [7, 11) is 0. The Bertz CT molecular complexity index is 1490. The summed E-state index contributed by atoms with van der Waals surface area (Å²) in [6, 6.07) is 26.8. The summed E-state index contributed by atoms with van der Waals surface area (Å²) in [6.45, 7) is 12.3. The molecular weight excluding hydrogens is 546 g/mol. The Balaban J connectivity index is 1.14. The van der Waals surface area contributed by atoms with Crippen molar-refractivity contribution >= 4 is 0 Å². The molecule has 0 spiro atoms. The second-order valence-electron chi connectivity index (χ2n) is 16.0. The quantitative estimate of drug-likeness (QED) is 0.255. The van der Waals surface area contributed by atoms with E-state index in [1.807, 2.05) is 6.07 Å². The summed E-state index contributed by atoms with van der Waals surface area (Å²) in [6.07, 6.45) is 6.77. The van der Waals surface area contributed by atoms with Gasteiger partial charge in [0, 0.05) is 36.1 Å². The van der Waals surface area contributed by atoms with Crippen molar-refractivity contribution in [1.29, 1.82) is 0 Å². The minimum atomic E-state index is -2.67. The molecule has 2 heterocycles. The average Bonchev–Trinajstić information content (AvgIpc) is 3.91. The zero-order valence-corrected chi connectivity index (χ0v) is 27.3. The van der Waals surface area contributed by atoms with Crippen LogP contribution in [0.5, 0.6) is 0 Å². The molecule has 2 saturated carbocycles. The SMILES string of the molecule is CC(C)(C)N1CC(c2cccc(CC(C)(C)N3CC(F)(F)CC3c3ccccc3C3CC3)c2)CC1c1ccccc1C1CC1. The van der Waals surface area contributed by atoms with Gasteiger partial charge in [0.1, 0.15) is 0 Å². The number of rotatable bonds is 8. The summed E-state index contributed by atoms with van der Waals surface area (Å²) < 4.78 is 30.3. The second kappa shape index (κ2) is 11.1. The van der Waals surface area contributed by atoms with Crippen molar-refractivity contribution in [3.63, 3.8) is 0 Å². The van der Waals surface area contributed by atoms with Gasteiger partial charge in [-0.15, -0.1) is 0 Å². The number of benzene rings is 3. The molecule has 0 N–H and O–H groups in total. The molecule has 3 unspecified atom stereocenters. The van der Waals surface area contributed by atoms with Crippen LogP contribution in [0.25, 0.3) is 0 Å². The fourth-order valence-corrected chi connectivity index (χ4v) is 8.56. The molecule has 0 bridgehead atoms. The highest BCUT2D eigenvalue weighted by Crippen LogP contribution is 2.52. The molecule has 234 valence electrons. The van der Waals surface area contributed by atoms with Crippen molar-refractivity contribution in [2.45, 2.75) is 126 Å². The first kappa shape index (κ1) is 30.1. The molecule has 3 atom stereocenters. The molecule has 2 saturated heterocycles. The number of likely N-dealkylation sites (tertiary alicyclic amines) is 2. The van der Waals surface area contributed by atoms with Crippen molar-refractivity contribution < 1.29 is 8.78 Å². The van der Waals surface area contributed by atoms with Crippen molar-refractivity contribution in [2.24, 2.45) is 0 Å². The smallest absolute Gasteiger partial charge is 0.262 e. The molecule has 0 aromatic heterocycles. The zero-order chi connectivity index (χ0) is 30.9. The van der Waals surface area contributed by atoms with E-state index >= 15 is 8.78 Å². The number of nitrogens with zero attached hydrogens (tertiary/aromatic N) is 2. The monoisotopic (exact) mass is 596 g/mol. The molecule has 44 heavy (non-hydrogen) atoms. The van der Waals surface area contributed by atoms with Gasteiger partial charge in [-0.2, -0.15) is 0 Å². The maximum atomic E-state index is 15.2. The van der Waals surface area contributed by atoms with Gasteiger partial charge in [0.05, 0.1) is 6.54 Å². The van der Waals surface area contributed by atoms with Crippen LogP contribution in [0.3, 0.4) is 0 Å². The predicted molar refractivity (Wildman–Crippen MR) is 177 cm³/mol. The van der Waals surface area contributed by atoms with Crippen LogP contribution in [-0.2, 0) is 6.42 Å². The van der Waals surface area contributed by atoms with E-state index in [0.29, 0.717) is 17.9 Å². The van der Waals surface area contributed by atoms with Gasteiger partial charge in [-0.1, -0.05) is 72.8 Å². The van der Waals surface area contributed by atoms with Gasteiger partial charge in [0.2, 0.25) is 0 Å². The predicted octanol–water partition coefficient (Wildman–Crippen LogP) is 10.2. The maximum absolute atomic E-state index is 15.2. The Labute approximate surface area is 263 Å². The number of halogens is 2. The number of hydrogen-bond donors (Lipinski definition) is 0. The summed E-state index contributed by atoms with van der Waals surface area (Å²) in [5.41, 5.74) is 7.81. The molecule has 2 aliphatic heterocycles. The zero-order valence-electron chi connectivity index (χ0n) is 27.3. The summed E-state index contributed by atoms with van der Waals surface area (Å²) >= 11 is 0. The van der Waals surface area contributed by atoms with E-state index in [1.54, 1.807) is 5.56 Å². The Hall–Kier alpha value is -2.56. The van der Waals surface area contributed by atoms with Crippen LogP contribution in [0.15, 0.2) is 72.8 Å². The summed E-state index contributed by atoms with van der Waals surface area (Å²) in [5, 5.41) is 0. The van der Waals surface area contributed by atoms with Gasteiger partial charge in [-0.3, -0.25) is 9.80 Å². The lowest BCUT2D eigenvalue weighted by Crippen LogP contribution is -2.46. The highest BCUT2D eigenvalue weighted by Gasteiger charge is 2.51. The van der Waals surface area contributed by atoms with Crippen LogP contribution in [0.2, 0.25) is 0 Å². The largest absolute Gasteiger partial charge is 0.291 e. The van der Waals surface area contributed by atoms with Gasteiger partial charge in [0.15, 0.2) is 0 Å². The van der Waals surface area contributed by atoms with Crippen LogP contribution < -0.4 is 0 Å². The standard InChI is InChI=1S/C40H50F2N2/c1-38(2,3)43-25-31(22-36(43)34-15-8-6-13-32(34)28-17-18-28)30-12-10-11-27(21-30)23-39(4,5)44-26-40(41,42)24-37(44)35-16-9-7-14-33(35)29-19-20-29/h6-16,21,28-29,31,36-37H,17-20,22-26H2,1-5H3. The van der Waals surface area contributed by atoms with E-state index in [0.717, 1.165) is 30.9 Å². The highest BCUT2D eigenvalue weighted by atomic mass is 19.3. The van der Waals surface area contributed by atoms with Gasteiger partial charge in [-0.05, 0) is 124 Å². The van der Waals surface area contributed by atoms with Crippen molar-refractivity contribution in [3.05, 3.63) is 106 Å². The van der Waals surface area contributed by atoms with E-state index in [2.05, 4.69) is 111 Å². The van der Waals surface area contributed by atoms with Crippen LogP contribution in [0.4, 0.5) is 8.78 Å². The van der Waals surface area contributed by atoms with Crippen LogP contribution in [-0.4, -0.2) is 39.9 Å². The van der Waals surface area contributed by atoms with Crippen molar-refractivity contribution in [3.8, 4) is 0 Å². The lowest BCUT2D eigenvalue weighted by Gasteiger charge is -2.40. The lowest BCUT2D eigenvalue weighted by atomic mass is 9.86. The third-order valence-corrected chi connectivity index (χ3v) is 11.0. The molecule has 0 amide bonds. The van der Waals surface area contributed by atoms with Crippen LogP contribution in [0, 0.1) is 0 Å². The summed E-state index contributed by atoms with van der Waals surface area (Å²) in [4.78, 5) is 4.85.